The first-order chi connectivity index (χ1) is 15.9. The van der Waals surface area contributed by atoms with Crippen LogP contribution in [-0.4, -0.2) is 29.5 Å². The van der Waals surface area contributed by atoms with Crippen LogP contribution in [0, 0.1) is 4.91 Å². The van der Waals surface area contributed by atoms with Crippen molar-refractivity contribution in [2.75, 3.05) is 19.7 Å². The zero-order valence-corrected chi connectivity index (χ0v) is 19.6. The number of thioether (sulfide) groups is 1. The topological polar surface area (TPSA) is 110 Å². The quantitative estimate of drug-likeness (QED) is 0.211. The molecule has 3 aromatic rings. The minimum Gasteiger partial charge on any atom is -0.496 e. The predicted octanol–water partition coefficient (Wildman–Crippen LogP) is 6.42. The summed E-state index contributed by atoms with van der Waals surface area (Å²) in [4.78, 5) is 28.7. The number of nitrogens with one attached hydrogen (secondary N) is 1. The SMILES string of the molecule is COc1cc(C(CC=C(C)C)SC(=O)c2cccnc2)c(OC)c2c(N=O)ccc(NO)c12. The molecule has 1 unspecified atom stereocenters. The van der Waals surface area contributed by atoms with E-state index in [0.29, 0.717) is 45.5 Å². The lowest BCUT2D eigenvalue weighted by molar-refractivity contribution is 0.108. The first-order valence-corrected chi connectivity index (χ1v) is 11.0. The molecule has 1 aromatic heterocycles. The largest absolute Gasteiger partial charge is 0.496 e. The second-order valence-corrected chi connectivity index (χ2v) is 8.61. The minimum absolute atomic E-state index is 0.130. The number of nitroso groups, excluding NO2 is 1. The Bertz CT molecular complexity index is 1190. The number of ether oxygens (including phenoxy) is 2. The Labute approximate surface area is 195 Å². The van der Waals surface area contributed by atoms with Gasteiger partial charge in [-0.25, -0.2) is 0 Å². The van der Waals surface area contributed by atoms with E-state index < -0.39 is 0 Å². The van der Waals surface area contributed by atoms with Crippen LogP contribution in [-0.2, 0) is 0 Å². The Morgan fingerprint density at radius 1 is 1.24 bits per heavy atom. The van der Waals surface area contributed by atoms with Crippen molar-refractivity contribution in [1.82, 2.24) is 4.98 Å². The average molecular weight is 468 g/mol. The molecule has 0 fully saturated rings. The summed E-state index contributed by atoms with van der Waals surface area (Å²) in [5.41, 5.74) is 4.85. The van der Waals surface area contributed by atoms with Gasteiger partial charge in [-0.3, -0.25) is 20.5 Å². The summed E-state index contributed by atoms with van der Waals surface area (Å²) in [7, 11) is 2.98. The lowest BCUT2D eigenvalue weighted by Crippen LogP contribution is -2.05. The maximum atomic E-state index is 13.0. The lowest BCUT2D eigenvalue weighted by atomic mass is 9.97. The molecule has 33 heavy (non-hydrogen) atoms. The Hall–Kier alpha value is -3.43. The first-order valence-electron chi connectivity index (χ1n) is 10.1. The van der Waals surface area contributed by atoms with Crippen LogP contribution in [0.1, 0.15) is 41.4 Å². The molecule has 1 atom stereocenters. The number of rotatable bonds is 9. The van der Waals surface area contributed by atoms with Gasteiger partial charge in [0.2, 0.25) is 5.12 Å². The molecule has 2 N–H and O–H groups in total. The summed E-state index contributed by atoms with van der Waals surface area (Å²) < 4.78 is 11.4. The maximum Gasteiger partial charge on any atom is 0.221 e. The number of benzene rings is 2. The first kappa shape index (κ1) is 24.2. The van der Waals surface area contributed by atoms with E-state index in [1.807, 2.05) is 19.9 Å². The van der Waals surface area contributed by atoms with E-state index >= 15 is 0 Å². The van der Waals surface area contributed by atoms with E-state index in [1.165, 1.54) is 32.5 Å². The van der Waals surface area contributed by atoms with Gasteiger partial charge >= 0.3 is 0 Å². The van der Waals surface area contributed by atoms with Crippen molar-refractivity contribution in [3.63, 3.8) is 0 Å². The number of allylic oxidation sites excluding steroid dienone is 2. The van der Waals surface area contributed by atoms with Crippen LogP contribution in [0.4, 0.5) is 11.4 Å². The van der Waals surface area contributed by atoms with Crippen LogP contribution < -0.4 is 15.0 Å². The normalized spacial score (nSPS) is 11.5. The van der Waals surface area contributed by atoms with Gasteiger partial charge in [-0.15, -0.1) is 4.91 Å². The van der Waals surface area contributed by atoms with Crippen molar-refractivity contribution in [3.05, 3.63) is 70.4 Å². The highest BCUT2D eigenvalue weighted by Gasteiger charge is 2.27. The van der Waals surface area contributed by atoms with Crippen molar-refractivity contribution in [1.29, 1.82) is 0 Å². The standard InChI is InChI=1S/C24H25N3O5S/c1-14(2)7-10-20(33-24(28)15-6-5-11-25-13-15)16-12-19(31-3)21-17(26-29)8-9-18(27-30)22(21)23(16)32-4/h5-9,11-13,20,26,29H,10H2,1-4H3. The number of aromatic nitrogens is 1. The van der Waals surface area contributed by atoms with Gasteiger partial charge in [-0.1, -0.05) is 23.4 Å². The molecular formula is C24H25N3O5S. The van der Waals surface area contributed by atoms with Gasteiger partial charge in [0.05, 0.1) is 30.7 Å². The molecule has 0 spiro atoms. The molecule has 9 heteroatoms. The summed E-state index contributed by atoms with van der Waals surface area (Å²) in [6.45, 7) is 3.97. The Morgan fingerprint density at radius 3 is 2.61 bits per heavy atom. The Balaban J connectivity index is 2.26. The Morgan fingerprint density at radius 2 is 2.03 bits per heavy atom. The van der Waals surface area contributed by atoms with E-state index in [2.05, 4.69) is 15.6 Å². The van der Waals surface area contributed by atoms with Crippen molar-refractivity contribution in [3.8, 4) is 11.5 Å². The molecule has 8 nitrogen and oxygen atoms in total. The second kappa shape index (κ2) is 10.9. The zero-order chi connectivity index (χ0) is 24.0. The number of methoxy groups -OCH3 is 2. The summed E-state index contributed by atoms with van der Waals surface area (Å²) >= 11 is 1.14. The molecule has 0 aliphatic heterocycles. The maximum absolute atomic E-state index is 13.0. The van der Waals surface area contributed by atoms with Crippen LogP contribution in [0.5, 0.6) is 11.5 Å². The molecule has 0 aliphatic carbocycles. The summed E-state index contributed by atoms with van der Waals surface area (Å²) in [5.74, 6) is 0.788. The van der Waals surface area contributed by atoms with E-state index in [4.69, 9.17) is 9.47 Å². The van der Waals surface area contributed by atoms with E-state index in [0.717, 1.165) is 17.3 Å². The number of carbonyl (C=O) groups excluding carboxylic acids is 1. The van der Waals surface area contributed by atoms with Gasteiger partial charge in [-0.2, -0.15) is 0 Å². The van der Waals surface area contributed by atoms with Gasteiger partial charge in [0, 0.05) is 28.8 Å². The van der Waals surface area contributed by atoms with Crippen LogP contribution >= 0.6 is 11.8 Å². The summed E-state index contributed by atoms with van der Waals surface area (Å²) in [6.07, 6.45) is 5.71. The van der Waals surface area contributed by atoms with Crippen LogP contribution in [0.25, 0.3) is 10.8 Å². The smallest absolute Gasteiger partial charge is 0.221 e. The van der Waals surface area contributed by atoms with E-state index in [-0.39, 0.29) is 16.1 Å². The molecule has 172 valence electrons. The highest BCUT2D eigenvalue weighted by Crippen LogP contribution is 2.50. The molecule has 0 aliphatic rings. The molecule has 0 amide bonds. The summed E-state index contributed by atoms with van der Waals surface area (Å²) in [5, 5.41) is 13.1. The number of carbonyl (C=O) groups is 1. The van der Waals surface area contributed by atoms with Gasteiger partial charge in [0.1, 0.15) is 17.2 Å². The highest BCUT2D eigenvalue weighted by atomic mass is 32.2. The minimum atomic E-state index is -0.355. The van der Waals surface area contributed by atoms with Crippen LogP contribution in [0.2, 0.25) is 0 Å². The molecule has 0 bridgehead atoms. The third-order valence-electron chi connectivity index (χ3n) is 5.08. The van der Waals surface area contributed by atoms with Crippen molar-refractivity contribution < 1.29 is 19.5 Å². The third kappa shape index (κ3) is 5.15. The average Bonchev–Trinajstić information content (AvgIpc) is 2.84. The molecule has 3 rings (SSSR count). The van der Waals surface area contributed by atoms with E-state index in [1.54, 1.807) is 24.4 Å². The number of nitrogens with zero attached hydrogens (tertiary/aromatic N) is 2. The number of anilines is 1. The highest BCUT2D eigenvalue weighted by molar-refractivity contribution is 8.14. The van der Waals surface area contributed by atoms with Gasteiger partial charge in [0.15, 0.2) is 0 Å². The molecule has 2 aromatic carbocycles. The molecule has 0 saturated carbocycles. The zero-order valence-electron chi connectivity index (χ0n) is 18.8. The summed E-state index contributed by atoms with van der Waals surface area (Å²) in [6, 6.07) is 8.21. The van der Waals surface area contributed by atoms with Crippen molar-refractivity contribution in [2.24, 2.45) is 5.18 Å². The molecule has 0 radical (unpaired) electrons. The fourth-order valence-corrected chi connectivity index (χ4v) is 4.56. The van der Waals surface area contributed by atoms with Crippen molar-refractivity contribution >= 4 is 39.0 Å². The van der Waals surface area contributed by atoms with Gasteiger partial charge in [-0.05, 0) is 55.8 Å². The lowest BCUT2D eigenvalue weighted by Gasteiger charge is -2.22. The molecular weight excluding hydrogens is 442 g/mol. The van der Waals surface area contributed by atoms with E-state index in [9.17, 15) is 14.9 Å². The predicted molar refractivity (Wildman–Crippen MR) is 131 cm³/mol. The van der Waals surface area contributed by atoms with Gasteiger partial charge in [0.25, 0.3) is 0 Å². The number of fused-ring (bicyclic) bond motifs is 1. The fourth-order valence-electron chi connectivity index (χ4n) is 3.55. The number of hydrogen-bond acceptors (Lipinski definition) is 9. The van der Waals surface area contributed by atoms with Crippen molar-refractivity contribution in [2.45, 2.75) is 25.5 Å². The van der Waals surface area contributed by atoms with Crippen LogP contribution in [0.3, 0.4) is 0 Å². The number of pyridine rings is 1. The third-order valence-corrected chi connectivity index (χ3v) is 6.26. The van der Waals surface area contributed by atoms with Crippen LogP contribution in [0.15, 0.2) is 59.6 Å². The molecule has 1 heterocycles. The number of hydrogen-bond donors (Lipinski definition) is 2. The molecule has 0 saturated heterocycles. The van der Waals surface area contributed by atoms with Gasteiger partial charge < -0.3 is 9.47 Å². The fraction of sp³-hybridized carbons (Fsp3) is 0.250. The second-order valence-electron chi connectivity index (χ2n) is 7.44. The Kier molecular flexibility index (Phi) is 8.02. The monoisotopic (exact) mass is 467 g/mol.